The van der Waals surface area contributed by atoms with E-state index in [1.165, 1.54) is 7.11 Å². The molecule has 0 radical (unpaired) electrons. The minimum atomic E-state index is -0.379. The third-order valence-corrected chi connectivity index (χ3v) is 3.48. The molecule has 2 aromatic rings. The molecule has 20 heavy (non-hydrogen) atoms. The summed E-state index contributed by atoms with van der Waals surface area (Å²) in [6, 6.07) is 5.99. The van der Waals surface area contributed by atoms with Crippen molar-refractivity contribution in [2.75, 3.05) is 25.5 Å². The van der Waals surface area contributed by atoms with E-state index in [1.807, 2.05) is 0 Å². The van der Waals surface area contributed by atoms with Crippen LogP contribution in [0.1, 0.15) is 23.2 Å². The summed E-state index contributed by atoms with van der Waals surface area (Å²) in [7, 11) is 1.36. The minimum absolute atomic E-state index is 0.379. The molecule has 0 unspecified atom stereocenters. The SMILES string of the molecule is COC(=O)c1ccc2nc(NC3CCNCC3)oc2c1. The van der Waals surface area contributed by atoms with Crippen molar-refractivity contribution < 1.29 is 13.9 Å². The van der Waals surface area contributed by atoms with Gasteiger partial charge >= 0.3 is 5.97 Å². The van der Waals surface area contributed by atoms with E-state index in [0.717, 1.165) is 31.4 Å². The topological polar surface area (TPSA) is 76.4 Å². The van der Waals surface area contributed by atoms with Gasteiger partial charge < -0.3 is 19.8 Å². The zero-order valence-electron chi connectivity index (χ0n) is 11.3. The van der Waals surface area contributed by atoms with Gasteiger partial charge in [0.15, 0.2) is 5.58 Å². The lowest BCUT2D eigenvalue weighted by Crippen LogP contribution is -2.35. The van der Waals surface area contributed by atoms with Gasteiger partial charge in [0.1, 0.15) is 5.52 Å². The highest BCUT2D eigenvalue weighted by atomic mass is 16.5. The lowest BCUT2D eigenvalue weighted by Gasteiger charge is -2.22. The van der Waals surface area contributed by atoms with Gasteiger partial charge in [-0.2, -0.15) is 4.98 Å². The Balaban J connectivity index is 1.81. The molecule has 0 atom stereocenters. The molecule has 3 rings (SSSR count). The van der Waals surface area contributed by atoms with E-state index < -0.39 is 0 Å². The summed E-state index contributed by atoms with van der Waals surface area (Å²) >= 11 is 0. The van der Waals surface area contributed by atoms with Crippen LogP contribution in [0.4, 0.5) is 6.01 Å². The zero-order valence-corrected chi connectivity index (χ0v) is 11.3. The van der Waals surface area contributed by atoms with Crippen LogP contribution in [0.5, 0.6) is 0 Å². The van der Waals surface area contributed by atoms with Crippen LogP contribution in [0, 0.1) is 0 Å². The van der Waals surface area contributed by atoms with Crippen LogP contribution < -0.4 is 10.6 Å². The molecule has 1 aliphatic heterocycles. The van der Waals surface area contributed by atoms with Crippen molar-refractivity contribution in [3.05, 3.63) is 23.8 Å². The smallest absolute Gasteiger partial charge is 0.337 e. The number of ether oxygens (including phenoxy) is 1. The first-order valence-corrected chi connectivity index (χ1v) is 6.72. The van der Waals surface area contributed by atoms with Crippen LogP contribution in [0.15, 0.2) is 22.6 Å². The van der Waals surface area contributed by atoms with Crippen LogP contribution >= 0.6 is 0 Å². The Morgan fingerprint density at radius 1 is 1.45 bits per heavy atom. The fraction of sp³-hybridized carbons (Fsp3) is 0.429. The first-order valence-electron chi connectivity index (χ1n) is 6.72. The predicted molar refractivity (Wildman–Crippen MR) is 74.9 cm³/mol. The van der Waals surface area contributed by atoms with Gasteiger partial charge in [-0.1, -0.05) is 0 Å². The Kier molecular flexibility index (Phi) is 3.56. The molecule has 1 aromatic heterocycles. The Bertz CT molecular complexity index is 617. The summed E-state index contributed by atoms with van der Waals surface area (Å²) in [6.45, 7) is 2.01. The first kappa shape index (κ1) is 12.9. The van der Waals surface area contributed by atoms with E-state index in [-0.39, 0.29) is 5.97 Å². The Morgan fingerprint density at radius 3 is 3.00 bits per heavy atom. The second-order valence-electron chi connectivity index (χ2n) is 4.86. The van der Waals surface area contributed by atoms with Crippen molar-refractivity contribution in [3.63, 3.8) is 0 Å². The average molecular weight is 275 g/mol. The lowest BCUT2D eigenvalue weighted by atomic mass is 10.1. The number of anilines is 1. The van der Waals surface area contributed by atoms with Crippen molar-refractivity contribution in [3.8, 4) is 0 Å². The molecular weight excluding hydrogens is 258 g/mol. The summed E-state index contributed by atoms with van der Waals surface area (Å²) in [6.07, 6.45) is 2.10. The maximum absolute atomic E-state index is 11.5. The molecule has 0 aliphatic carbocycles. The Hall–Kier alpha value is -2.08. The van der Waals surface area contributed by atoms with Crippen LogP contribution in [0.2, 0.25) is 0 Å². The maximum atomic E-state index is 11.5. The number of hydrogen-bond donors (Lipinski definition) is 2. The summed E-state index contributed by atoms with van der Waals surface area (Å²) in [5.41, 5.74) is 1.78. The molecule has 6 nitrogen and oxygen atoms in total. The van der Waals surface area contributed by atoms with Crippen LogP contribution in [-0.2, 0) is 4.74 Å². The molecule has 1 fully saturated rings. The molecule has 106 valence electrons. The fourth-order valence-electron chi connectivity index (χ4n) is 2.37. The molecule has 1 aliphatic rings. The van der Waals surface area contributed by atoms with Gasteiger partial charge in [0.05, 0.1) is 12.7 Å². The maximum Gasteiger partial charge on any atom is 0.337 e. The molecule has 2 N–H and O–H groups in total. The summed E-state index contributed by atoms with van der Waals surface area (Å²) in [5, 5.41) is 6.61. The van der Waals surface area contributed by atoms with E-state index >= 15 is 0 Å². The number of oxazole rings is 1. The van der Waals surface area contributed by atoms with Gasteiger partial charge in [0.2, 0.25) is 0 Å². The van der Waals surface area contributed by atoms with Crippen LogP contribution in [0.25, 0.3) is 11.1 Å². The highest BCUT2D eigenvalue weighted by Gasteiger charge is 2.16. The predicted octanol–water partition coefficient (Wildman–Crippen LogP) is 1.78. The highest BCUT2D eigenvalue weighted by molar-refractivity contribution is 5.93. The van der Waals surface area contributed by atoms with Crippen molar-refractivity contribution in [2.45, 2.75) is 18.9 Å². The molecule has 0 amide bonds. The molecule has 1 aromatic carbocycles. The van der Waals surface area contributed by atoms with Gasteiger partial charge in [-0.3, -0.25) is 0 Å². The van der Waals surface area contributed by atoms with Crippen molar-refractivity contribution in [1.82, 2.24) is 10.3 Å². The summed E-state index contributed by atoms with van der Waals surface area (Å²) in [5.74, 6) is -0.379. The number of benzene rings is 1. The largest absolute Gasteiger partial charge is 0.465 e. The third kappa shape index (κ3) is 2.60. The van der Waals surface area contributed by atoms with Gasteiger partial charge in [-0.05, 0) is 44.1 Å². The number of methoxy groups -OCH3 is 1. The van der Waals surface area contributed by atoms with Crippen molar-refractivity contribution >= 4 is 23.1 Å². The van der Waals surface area contributed by atoms with Gasteiger partial charge in [0.25, 0.3) is 6.01 Å². The van der Waals surface area contributed by atoms with Crippen LogP contribution in [-0.4, -0.2) is 37.2 Å². The Labute approximate surface area is 116 Å². The van der Waals surface area contributed by atoms with E-state index in [4.69, 9.17) is 4.42 Å². The number of fused-ring (bicyclic) bond motifs is 1. The van der Waals surface area contributed by atoms with E-state index in [1.54, 1.807) is 18.2 Å². The van der Waals surface area contributed by atoms with Crippen molar-refractivity contribution in [1.29, 1.82) is 0 Å². The monoisotopic (exact) mass is 275 g/mol. The molecule has 1 saturated heterocycles. The summed E-state index contributed by atoms with van der Waals surface area (Å²) in [4.78, 5) is 15.9. The Morgan fingerprint density at radius 2 is 2.25 bits per heavy atom. The molecule has 0 bridgehead atoms. The number of aromatic nitrogens is 1. The lowest BCUT2D eigenvalue weighted by molar-refractivity contribution is 0.0601. The van der Waals surface area contributed by atoms with E-state index in [0.29, 0.717) is 23.2 Å². The molecule has 0 saturated carbocycles. The van der Waals surface area contributed by atoms with E-state index in [2.05, 4.69) is 20.4 Å². The van der Waals surface area contributed by atoms with E-state index in [9.17, 15) is 4.79 Å². The standard InChI is InChI=1S/C14H17N3O3/c1-19-13(18)9-2-3-11-12(8-9)20-14(17-11)16-10-4-6-15-7-5-10/h2-3,8,10,15H,4-7H2,1H3,(H,16,17). The number of esters is 1. The highest BCUT2D eigenvalue weighted by Crippen LogP contribution is 2.22. The number of piperidine rings is 1. The average Bonchev–Trinajstić information content (AvgIpc) is 2.88. The molecular formula is C14H17N3O3. The molecule has 6 heteroatoms. The molecule has 0 spiro atoms. The number of nitrogens with zero attached hydrogens (tertiary/aromatic N) is 1. The zero-order chi connectivity index (χ0) is 13.9. The third-order valence-electron chi connectivity index (χ3n) is 3.48. The number of rotatable bonds is 3. The fourth-order valence-corrected chi connectivity index (χ4v) is 2.37. The van der Waals surface area contributed by atoms with Crippen LogP contribution in [0.3, 0.4) is 0 Å². The first-order chi connectivity index (χ1) is 9.76. The second kappa shape index (κ2) is 5.50. The number of carbonyl (C=O) groups excluding carboxylic acids is 1. The quantitative estimate of drug-likeness (QED) is 0.832. The second-order valence-corrected chi connectivity index (χ2v) is 4.86. The minimum Gasteiger partial charge on any atom is -0.465 e. The van der Waals surface area contributed by atoms with Gasteiger partial charge in [-0.25, -0.2) is 4.79 Å². The van der Waals surface area contributed by atoms with Gasteiger partial charge in [-0.15, -0.1) is 0 Å². The number of carbonyl (C=O) groups is 1. The normalized spacial score (nSPS) is 16.2. The summed E-state index contributed by atoms with van der Waals surface area (Å²) < 4.78 is 10.3. The van der Waals surface area contributed by atoms with Crippen molar-refractivity contribution in [2.24, 2.45) is 0 Å². The number of hydrogen-bond acceptors (Lipinski definition) is 6. The van der Waals surface area contributed by atoms with Gasteiger partial charge in [0, 0.05) is 6.04 Å². The number of nitrogens with one attached hydrogen (secondary N) is 2. The molecule has 2 heterocycles.